The summed E-state index contributed by atoms with van der Waals surface area (Å²) in [6.45, 7) is 3.68. The molecule has 0 amide bonds. The van der Waals surface area contributed by atoms with Gasteiger partial charge in [-0.15, -0.1) is 10.2 Å². The number of benzene rings is 1. The van der Waals surface area contributed by atoms with Crippen molar-refractivity contribution in [3.8, 4) is 17.4 Å². The van der Waals surface area contributed by atoms with Crippen LogP contribution < -0.4 is 8.92 Å². The molecule has 0 unspecified atom stereocenters. The minimum Gasteiger partial charge on any atom is -0.434 e. The third-order valence-electron chi connectivity index (χ3n) is 3.83. The van der Waals surface area contributed by atoms with Gasteiger partial charge in [0.15, 0.2) is 5.15 Å². The number of rotatable bonds is 7. The monoisotopic (exact) mass is 382 g/mol. The van der Waals surface area contributed by atoms with Gasteiger partial charge >= 0.3 is 10.1 Å². The zero-order chi connectivity index (χ0) is 18.0. The molecule has 3 rings (SSSR count). The summed E-state index contributed by atoms with van der Waals surface area (Å²) in [7, 11) is -3.75. The molecule has 0 spiro atoms. The standard InChI is InChI=1S/C17H19ClN2O4S/c1-3-9-25(21,22)24-14-10-15(18)19-20-17(14)23-16-11(2)5-4-6-13(16)12-7-8-12/h4-6,10,12H,3,7-9H2,1-2H3. The van der Waals surface area contributed by atoms with Gasteiger partial charge in [0.1, 0.15) is 5.75 Å². The maximum atomic E-state index is 12.0. The lowest BCUT2D eigenvalue weighted by atomic mass is 10.1. The van der Waals surface area contributed by atoms with Gasteiger partial charge in [0.05, 0.1) is 5.75 Å². The third kappa shape index (κ3) is 4.41. The molecule has 1 fully saturated rings. The number of halogens is 1. The topological polar surface area (TPSA) is 78.4 Å². The first-order chi connectivity index (χ1) is 11.9. The number of para-hydroxylation sites is 1. The lowest BCUT2D eigenvalue weighted by molar-refractivity contribution is 0.410. The van der Waals surface area contributed by atoms with E-state index in [-0.39, 0.29) is 22.5 Å². The first-order valence-corrected chi connectivity index (χ1v) is 10.1. The quantitative estimate of drug-likeness (QED) is 0.667. The number of nitrogens with zero attached hydrogens (tertiary/aromatic N) is 2. The van der Waals surface area contributed by atoms with E-state index in [1.807, 2.05) is 25.1 Å². The molecule has 134 valence electrons. The Hall–Kier alpha value is -1.86. The van der Waals surface area contributed by atoms with Gasteiger partial charge < -0.3 is 8.92 Å². The zero-order valence-corrected chi connectivity index (χ0v) is 15.6. The Balaban J connectivity index is 1.96. The van der Waals surface area contributed by atoms with Gasteiger partial charge in [-0.25, -0.2) is 0 Å². The summed E-state index contributed by atoms with van der Waals surface area (Å²) in [5, 5.41) is 7.66. The van der Waals surface area contributed by atoms with Gasteiger partial charge in [0, 0.05) is 6.07 Å². The summed E-state index contributed by atoms with van der Waals surface area (Å²) < 4.78 is 35.1. The maximum absolute atomic E-state index is 12.0. The second kappa shape index (κ2) is 7.17. The highest BCUT2D eigenvalue weighted by molar-refractivity contribution is 7.87. The Morgan fingerprint density at radius 3 is 2.72 bits per heavy atom. The fraction of sp³-hybridized carbons (Fsp3) is 0.412. The van der Waals surface area contributed by atoms with E-state index in [1.54, 1.807) is 6.92 Å². The fourth-order valence-electron chi connectivity index (χ4n) is 2.53. The van der Waals surface area contributed by atoms with Crippen molar-refractivity contribution in [3.63, 3.8) is 0 Å². The van der Waals surface area contributed by atoms with Crippen LogP contribution in [0.5, 0.6) is 17.4 Å². The Morgan fingerprint density at radius 1 is 1.28 bits per heavy atom. The lowest BCUT2D eigenvalue weighted by Gasteiger charge is -2.15. The van der Waals surface area contributed by atoms with Crippen LogP contribution in [0.3, 0.4) is 0 Å². The Morgan fingerprint density at radius 2 is 2.04 bits per heavy atom. The number of hydrogen-bond donors (Lipinski definition) is 0. The first-order valence-electron chi connectivity index (χ1n) is 8.12. The van der Waals surface area contributed by atoms with Crippen LogP contribution in [-0.4, -0.2) is 24.4 Å². The minimum atomic E-state index is -3.75. The van der Waals surface area contributed by atoms with Crippen molar-refractivity contribution < 1.29 is 17.3 Å². The molecule has 1 aromatic carbocycles. The molecule has 6 nitrogen and oxygen atoms in total. The number of aryl methyl sites for hydroxylation is 1. The van der Waals surface area contributed by atoms with Crippen molar-refractivity contribution in [2.75, 3.05) is 5.75 Å². The predicted octanol–water partition coefficient (Wildman–Crippen LogP) is 4.23. The van der Waals surface area contributed by atoms with E-state index >= 15 is 0 Å². The van der Waals surface area contributed by atoms with Crippen molar-refractivity contribution in [3.05, 3.63) is 40.5 Å². The molecule has 0 radical (unpaired) electrons. The SMILES string of the molecule is CCCS(=O)(=O)Oc1cc(Cl)nnc1Oc1c(C)cccc1C1CC1. The van der Waals surface area contributed by atoms with E-state index in [0.29, 0.717) is 18.1 Å². The van der Waals surface area contributed by atoms with Gasteiger partial charge in [-0.2, -0.15) is 8.42 Å². The van der Waals surface area contributed by atoms with E-state index in [4.69, 9.17) is 20.5 Å². The van der Waals surface area contributed by atoms with Crippen LogP contribution in [0.25, 0.3) is 0 Å². The summed E-state index contributed by atoms with van der Waals surface area (Å²) in [5.41, 5.74) is 2.02. The lowest BCUT2D eigenvalue weighted by Crippen LogP contribution is -2.14. The summed E-state index contributed by atoms with van der Waals surface area (Å²) in [4.78, 5) is 0. The van der Waals surface area contributed by atoms with Crippen LogP contribution in [0.1, 0.15) is 43.2 Å². The summed E-state index contributed by atoms with van der Waals surface area (Å²) in [6, 6.07) is 7.22. The molecule has 1 aromatic heterocycles. The van der Waals surface area contributed by atoms with Gasteiger partial charge in [-0.05, 0) is 43.2 Å². The molecule has 0 N–H and O–H groups in total. The average molecular weight is 383 g/mol. The molecule has 1 saturated carbocycles. The van der Waals surface area contributed by atoms with Gasteiger partial charge in [-0.3, -0.25) is 0 Å². The normalized spacial score (nSPS) is 14.4. The fourth-order valence-corrected chi connectivity index (χ4v) is 3.64. The van der Waals surface area contributed by atoms with E-state index in [0.717, 1.165) is 24.0 Å². The Kier molecular flexibility index (Phi) is 5.15. The maximum Gasteiger partial charge on any atom is 0.309 e. The smallest absolute Gasteiger partial charge is 0.309 e. The van der Waals surface area contributed by atoms with E-state index in [9.17, 15) is 8.42 Å². The van der Waals surface area contributed by atoms with Gasteiger partial charge in [0.25, 0.3) is 5.88 Å². The summed E-state index contributed by atoms with van der Waals surface area (Å²) in [6.07, 6.45) is 2.66. The molecule has 0 bridgehead atoms. The molecule has 1 aliphatic rings. The number of aromatic nitrogens is 2. The van der Waals surface area contributed by atoms with Crippen molar-refractivity contribution >= 4 is 21.7 Å². The highest BCUT2D eigenvalue weighted by Gasteiger charge is 2.28. The largest absolute Gasteiger partial charge is 0.434 e. The van der Waals surface area contributed by atoms with Crippen LogP contribution in [0.15, 0.2) is 24.3 Å². The zero-order valence-electron chi connectivity index (χ0n) is 14.0. The first kappa shape index (κ1) is 17.9. The molecular formula is C17H19ClN2O4S. The Labute approximate surface area is 152 Å². The summed E-state index contributed by atoms with van der Waals surface area (Å²) in [5.74, 6) is 0.950. The molecule has 25 heavy (non-hydrogen) atoms. The summed E-state index contributed by atoms with van der Waals surface area (Å²) >= 11 is 5.84. The highest BCUT2D eigenvalue weighted by Crippen LogP contribution is 2.46. The molecular weight excluding hydrogens is 364 g/mol. The van der Waals surface area contributed by atoms with Crippen LogP contribution in [0, 0.1) is 6.92 Å². The molecule has 2 aromatic rings. The highest BCUT2D eigenvalue weighted by atomic mass is 35.5. The van der Waals surface area contributed by atoms with E-state index in [1.165, 1.54) is 6.07 Å². The number of hydrogen-bond acceptors (Lipinski definition) is 6. The van der Waals surface area contributed by atoms with Crippen molar-refractivity contribution in [2.45, 2.75) is 39.0 Å². The van der Waals surface area contributed by atoms with Crippen LogP contribution in [0.2, 0.25) is 5.15 Å². The second-order valence-corrected chi connectivity index (χ2v) is 8.13. The van der Waals surface area contributed by atoms with Crippen molar-refractivity contribution in [2.24, 2.45) is 0 Å². The molecule has 8 heteroatoms. The Bertz CT molecular complexity index is 882. The van der Waals surface area contributed by atoms with E-state index in [2.05, 4.69) is 10.2 Å². The van der Waals surface area contributed by atoms with Gasteiger partial charge in [0.2, 0.25) is 5.75 Å². The van der Waals surface area contributed by atoms with Gasteiger partial charge in [-0.1, -0.05) is 36.7 Å². The van der Waals surface area contributed by atoms with Crippen LogP contribution in [0.4, 0.5) is 0 Å². The van der Waals surface area contributed by atoms with E-state index < -0.39 is 10.1 Å². The van der Waals surface area contributed by atoms with Crippen molar-refractivity contribution in [1.82, 2.24) is 10.2 Å². The molecule has 1 heterocycles. The average Bonchev–Trinajstić information content (AvgIpc) is 3.35. The number of ether oxygens (including phenoxy) is 1. The minimum absolute atomic E-state index is 0.0136. The molecule has 0 saturated heterocycles. The van der Waals surface area contributed by atoms with Crippen LogP contribution in [-0.2, 0) is 10.1 Å². The van der Waals surface area contributed by atoms with Crippen molar-refractivity contribution in [1.29, 1.82) is 0 Å². The molecule has 0 aliphatic heterocycles. The third-order valence-corrected chi connectivity index (χ3v) is 5.35. The van der Waals surface area contributed by atoms with Crippen LogP contribution >= 0.6 is 11.6 Å². The second-order valence-electron chi connectivity index (χ2n) is 6.05. The predicted molar refractivity (Wildman–Crippen MR) is 95.0 cm³/mol. The molecule has 0 atom stereocenters. The molecule has 1 aliphatic carbocycles.